The molecule has 6 nitrogen and oxygen atoms in total. The summed E-state index contributed by atoms with van der Waals surface area (Å²) in [5.41, 5.74) is 6.55. The van der Waals surface area contributed by atoms with Gasteiger partial charge in [0.1, 0.15) is 33.3 Å². The van der Waals surface area contributed by atoms with Crippen molar-refractivity contribution in [1.29, 1.82) is 0 Å². The van der Waals surface area contributed by atoms with E-state index in [-0.39, 0.29) is 23.3 Å². The highest BCUT2D eigenvalue weighted by atomic mass is 32.2. The number of aromatic nitrogens is 1. The molecule has 2 aliphatic carbocycles. The molecule has 0 amide bonds. The van der Waals surface area contributed by atoms with E-state index in [4.69, 9.17) is 9.47 Å². The third-order valence-corrected chi connectivity index (χ3v) is 8.94. The number of pyridine rings is 1. The standard InChI is InChI=1S/C31H34FNO5S/c1-17-11-23(37-9-6-10-39(5,35)36)12-18(2)29(17)21-7-8-27(32)24(13-21)20(4)38-28-15-22-14-25-30(19(3)34)31(25)26(22)16-33-28/h7-8,11-13,15-16,20,25,30-31H,6,9-10,14H2,1-5H3/t20?,25-,30-,31+/m0/s1. The van der Waals surface area contributed by atoms with E-state index in [2.05, 4.69) is 4.98 Å². The van der Waals surface area contributed by atoms with Crippen LogP contribution in [-0.4, -0.2) is 37.8 Å². The lowest BCUT2D eigenvalue weighted by Gasteiger charge is -2.19. The Labute approximate surface area is 229 Å². The number of carbonyl (C=O) groups excluding carboxylic acids is 1. The van der Waals surface area contributed by atoms with Crippen LogP contribution in [0.25, 0.3) is 11.1 Å². The van der Waals surface area contributed by atoms with Crippen molar-refractivity contribution < 1.29 is 27.1 Å². The van der Waals surface area contributed by atoms with Crippen LogP contribution in [0.1, 0.15) is 60.1 Å². The number of ketones is 1. The van der Waals surface area contributed by atoms with Crippen molar-refractivity contribution in [3.63, 3.8) is 0 Å². The summed E-state index contributed by atoms with van der Waals surface area (Å²) in [6.45, 7) is 7.74. The Balaban J connectivity index is 1.31. The van der Waals surface area contributed by atoms with Gasteiger partial charge in [0.2, 0.25) is 5.88 Å². The Kier molecular flexibility index (Phi) is 7.27. The normalized spacial score (nSPS) is 20.2. The zero-order valence-corrected chi connectivity index (χ0v) is 23.8. The Hall–Kier alpha value is -3.26. The maximum Gasteiger partial charge on any atom is 0.214 e. The summed E-state index contributed by atoms with van der Waals surface area (Å²) >= 11 is 0. The van der Waals surface area contributed by atoms with Gasteiger partial charge < -0.3 is 9.47 Å². The molecule has 1 heterocycles. The fraction of sp³-hybridized carbons (Fsp3) is 0.419. The van der Waals surface area contributed by atoms with Crippen molar-refractivity contribution in [3.05, 3.63) is 76.2 Å². The monoisotopic (exact) mass is 551 g/mol. The first-order chi connectivity index (χ1) is 18.4. The van der Waals surface area contributed by atoms with Crippen molar-refractivity contribution in [2.45, 2.75) is 52.6 Å². The van der Waals surface area contributed by atoms with Gasteiger partial charge in [0.15, 0.2) is 0 Å². The van der Waals surface area contributed by atoms with Crippen molar-refractivity contribution >= 4 is 15.6 Å². The van der Waals surface area contributed by atoms with Crippen molar-refractivity contribution in [2.24, 2.45) is 11.8 Å². The molecule has 4 atom stereocenters. The van der Waals surface area contributed by atoms with Gasteiger partial charge in [0.05, 0.1) is 12.4 Å². The van der Waals surface area contributed by atoms with E-state index in [0.717, 1.165) is 34.2 Å². The summed E-state index contributed by atoms with van der Waals surface area (Å²) in [7, 11) is -3.02. The van der Waals surface area contributed by atoms with Crippen molar-refractivity contribution in [2.75, 3.05) is 18.6 Å². The molecule has 2 aliphatic rings. The highest BCUT2D eigenvalue weighted by molar-refractivity contribution is 7.90. The minimum atomic E-state index is -3.02. The highest BCUT2D eigenvalue weighted by Gasteiger charge is 2.58. The number of rotatable bonds is 10. The van der Waals surface area contributed by atoms with E-state index >= 15 is 0 Å². The van der Waals surface area contributed by atoms with Crippen molar-refractivity contribution in [3.8, 4) is 22.8 Å². The molecule has 0 spiro atoms. The fourth-order valence-electron chi connectivity index (χ4n) is 6.12. The second-order valence-corrected chi connectivity index (χ2v) is 13.3. The molecule has 39 heavy (non-hydrogen) atoms. The number of Topliss-reactive ketones (excluding diaryl/α,β-unsaturated/α-hetero) is 1. The smallest absolute Gasteiger partial charge is 0.214 e. The van der Waals surface area contributed by atoms with Crippen molar-refractivity contribution in [1.82, 2.24) is 4.98 Å². The van der Waals surface area contributed by atoms with Crippen LogP contribution in [0.4, 0.5) is 4.39 Å². The largest absolute Gasteiger partial charge is 0.494 e. The molecule has 0 radical (unpaired) electrons. The first-order valence-electron chi connectivity index (χ1n) is 13.3. The minimum Gasteiger partial charge on any atom is -0.494 e. The van der Waals surface area contributed by atoms with E-state index in [9.17, 15) is 17.6 Å². The first kappa shape index (κ1) is 27.3. The molecule has 1 fully saturated rings. The lowest BCUT2D eigenvalue weighted by Crippen LogP contribution is -2.09. The van der Waals surface area contributed by atoms with E-state index in [1.807, 2.05) is 51.2 Å². The van der Waals surface area contributed by atoms with Gasteiger partial charge in [-0.15, -0.1) is 0 Å². The Morgan fingerprint density at radius 2 is 1.87 bits per heavy atom. The second-order valence-electron chi connectivity index (χ2n) is 11.0. The number of carbonyl (C=O) groups is 1. The summed E-state index contributed by atoms with van der Waals surface area (Å²) in [6.07, 6.45) is 3.76. The molecule has 206 valence electrons. The molecule has 2 aromatic carbocycles. The Bertz CT molecular complexity index is 1530. The number of halogens is 1. The zero-order chi connectivity index (χ0) is 28.1. The number of sulfone groups is 1. The van der Waals surface area contributed by atoms with Crippen LogP contribution in [0.15, 0.2) is 42.6 Å². The molecule has 1 saturated carbocycles. The average molecular weight is 552 g/mol. The van der Waals surface area contributed by atoms with Gasteiger partial charge in [-0.25, -0.2) is 17.8 Å². The van der Waals surface area contributed by atoms with Crippen LogP contribution in [0.5, 0.6) is 11.6 Å². The van der Waals surface area contributed by atoms with Crippen LogP contribution >= 0.6 is 0 Å². The summed E-state index contributed by atoms with van der Waals surface area (Å²) in [6, 6.07) is 10.8. The molecular weight excluding hydrogens is 517 g/mol. The molecule has 0 saturated heterocycles. The predicted octanol–water partition coefficient (Wildman–Crippen LogP) is 5.93. The third kappa shape index (κ3) is 5.71. The van der Waals surface area contributed by atoms with Gasteiger partial charge in [0, 0.05) is 30.0 Å². The van der Waals surface area contributed by atoms with Gasteiger partial charge in [-0.2, -0.15) is 0 Å². The number of nitrogens with zero attached hydrogens (tertiary/aromatic N) is 1. The number of ether oxygens (including phenoxy) is 2. The maximum atomic E-state index is 15.0. The Morgan fingerprint density at radius 1 is 1.15 bits per heavy atom. The summed E-state index contributed by atoms with van der Waals surface area (Å²) in [5, 5.41) is 0. The first-order valence-corrected chi connectivity index (χ1v) is 15.4. The maximum absolute atomic E-state index is 15.0. The van der Waals surface area contributed by atoms with Crippen LogP contribution in [0, 0.1) is 31.5 Å². The van der Waals surface area contributed by atoms with Gasteiger partial charge in [-0.1, -0.05) is 6.07 Å². The average Bonchev–Trinajstić information content (AvgIpc) is 3.44. The minimum absolute atomic E-state index is 0.0873. The second kappa shape index (κ2) is 10.4. The fourth-order valence-corrected chi connectivity index (χ4v) is 6.76. The van der Waals surface area contributed by atoms with Gasteiger partial charge in [-0.05, 0) is 110 Å². The van der Waals surface area contributed by atoms with E-state index in [0.29, 0.717) is 42.1 Å². The number of aryl methyl sites for hydroxylation is 2. The molecular formula is C31H34FNO5S. The van der Waals surface area contributed by atoms with Crippen LogP contribution < -0.4 is 9.47 Å². The summed E-state index contributed by atoms with van der Waals surface area (Å²) in [5.74, 6) is 1.93. The zero-order valence-electron chi connectivity index (χ0n) is 23.0. The third-order valence-electron chi connectivity index (χ3n) is 7.91. The highest BCUT2D eigenvalue weighted by Crippen LogP contribution is 2.61. The van der Waals surface area contributed by atoms with Gasteiger partial charge in [-0.3, -0.25) is 4.79 Å². The van der Waals surface area contributed by atoms with E-state index in [1.54, 1.807) is 13.0 Å². The van der Waals surface area contributed by atoms with Crippen LogP contribution in [0.2, 0.25) is 0 Å². The summed E-state index contributed by atoms with van der Waals surface area (Å²) < 4.78 is 49.5. The number of fused-ring (bicyclic) bond motifs is 3. The topological polar surface area (TPSA) is 82.6 Å². The predicted molar refractivity (Wildman–Crippen MR) is 149 cm³/mol. The lowest BCUT2D eigenvalue weighted by molar-refractivity contribution is -0.118. The number of hydrogen-bond donors (Lipinski definition) is 0. The van der Waals surface area contributed by atoms with Gasteiger partial charge in [0.25, 0.3) is 0 Å². The summed E-state index contributed by atoms with van der Waals surface area (Å²) in [4.78, 5) is 16.3. The van der Waals surface area contributed by atoms with Crippen LogP contribution in [-0.2, 0) is 21.1 Å². The molecule has 0 aliphatic heterocycles. The molecule has 8 heteroatoms. The molecule has 0 bridgehead atoms. The van der Waals surface area contributed by atoms with Gasteiger partial charge >= 0.3 is 0 Å². The number of hydrogen-bond acceptors (Lipinski definition) is 6. The SMILES string of the molecule is CC(=O)[C@H]1[C@@H]2Cc3cc(OC(C)c4cc(-c5c(C)cc(OCCCS(C)(=O)=O)cc5C)ccc4F)ncc3[C@@H]21. The van der Waals surface area contributed by atoms with Crippen LogP contribution in [0.3, 0.4) is 0 Å². The molecule has 1 aromatic heterocycles. The van der Waals surface area contributed by atoms with E-state index in [1.165, 1.54) is 17.9 Å². The molecule has 3 aromatic rings. The Morgan fingerprint density at radius 3 is 2.54 bits per heavy atom. The van der Waals surface area contributed by atoms with E-state index < -0.39 is 15.9 Å². The molecule has 5 rings (SSSR count). The molecule has 1 unspecified atom stereocenters. The molecule has 0 N–H and O–H groups in total. The quantitative estimate of drug-likeness (QED) is 0.291. The number of benzene rings is 2. The lowest BCUT2D eigenvalue weighted by atomic mass is 9.93.